The van der Waals surface area contributed by atoms with E-state index in [0.717, 1.165) is 12.8 Å². The number of esters is 2. The fourth-order valence-electron chi connectivity index (χ4n) is 2.37. The highest BCUT2D eigenvalue weighted by Crippen LogP contribution is 2.19. The standard InChI is InChI=1S/C21H29NO7/c1-3-5-12-28-20(26)16-11-10-15(22-18(23)8-7-9-19(24)25)14-17(16)21(27)29-13-6-4-2/h10-11,14H,3-9,12-13H2,1-2H3,(H,22,23)(H,24,25). The first-order chi connectivity index (χ1) is 13.9. The van der Waals surface area contributed by atoms with Gasteiger partial charge in [-0.15, -0.1) is 0 Å². The van der Waals surface area contributed by atoms with Gasteiger partial charge in [-0.3, -0.25) is 9.59 Å². The summed E-state index contributed by atoms with van der Waals surface area (Å²) in [5.74, 6) is -2.64. The average molecular weight is 407 g/mol. The number of carboxylic acid groups (broad SMARTS) is 1. The van der Waals surface area contributed by atoms with Gasteiger partial charge in [-0.05, 0) is 37.5 Å². The third kappa shape index (κ3) is 9.23. The lowest BCUT2D eigenvalue weighted by Crippen LogP contribution is -2.17. The van der Waals surface area contributed by atoms with E-state index in [0.29, 0.717) is 18.5 Å². The van der Waals surface area contributed by atoms with Gasteiger partial charge in [0.05, 0.1) is 24.3 Å². The lowest BCUT2D eigenvalue weighted by Gasteiger charge is -2.12. The van der Waals surface area contributed by atoms with Crippen molar-refractivity contribution < 1.29 is 33.8 Å². The summed E-state index contributed by atoms with van der Waals surface area (Å²) < 4.78 is 10.4. The number of carbonyl (C=O) groups excluding carboxylic acids is 3. The Morgan fingerprint density at radius 2 is 1.45 bits per heavy atom. The number of rotatable bonds is 13. The zero-order valence-corrected chi connectivity index (χ0v) is 17.0. The third-order valence-electron chi connectivity index (χ3n) is 4.00. The van der Waals surface area contributed by atoms with Gasteiger partial charge in [0.15, 0.2) is 0 Å². The molecule has 1 aromatic rings. The van der Waals surface area contributed by atoms with Crippen LogP contribution in [0.25, 0.3) is 0 Å². The molecule has 29 heavy (non-hydrogen) atoms. The van der Waals surface area contributed by atoms with Crippen molar-refractivity contribution in [2.24, 2.45) is 0 Å². The maximum atomic E-state index is 12.5. The van der Waals surface area contributed by atoms with Crippen molar-refractivity contribution in [3.05, 3.63) is 29.3 Å². The number of hydrogen-bond acceptors (Lipinski definition) is 6. The van der Waals surface area contributed by atoms with E-state index in [9.17, 15) is 19.2 Å². The van der Waals surface area contributed by atoms with Crippen molar-refractivity contribution in [1.82, 2.24) is 0 Å². The van der Waals surface area contributed by atoms with Crippen LogP contribution in [0.3, 0.4) is 0 Å². The normalized spacial score (nSPS) is 10.3. The maximum Gasteiger partial charge on any atom is 0.339 e. The van der Waals surface area contributed by atoms with Crippen LogP contribution < -0.4 is 5.32 Å². The van der Waals surface area contributed by atoms with E-state index in [1.807, 2.05) is 13.8 Å². The molecule has 0 heterocycles. The summed E-state index contributed by atoms with van der Waals surface area (Å²) in [6.45, 7) is 4.41. The molecule has 0 saturated heterocycles. The van der Waals surface area contributed by atoms with E-state index in [1.165, 1.54) is 18.2 Å². The summed E-state index contributed by atoms with van der Waals surface area (Å²) >= 11 is 0. The van der Waals surface area contributed by atoms with Gasteiger partial charge in [0.2, 0.25) is 5.91 Å². The van der Waals surface area contributed by atoms with Crippen molar-refractivity contribution in [2.75, 3.05) is 18.5 Å². The number of carboxylic acids is 1. The Morgan fingerprint density at radius 3 is 2.00 bits per heavy atom. The number of aliphatic carboxylic acids is 1. The largest absolute Gasteiger partial charge is 0.481 e. The Balaban J connectivity index is 2.93. The van der Waals surface area contributed by atoms with E-state index in [1.54, 1.807) is 0 Å². The van der Waals surface area contributed by atoms with Crippen LogP contribution in [0, 0.1) is 0 Å². The zero-order chi connectivity index (χ0) is 21.6. The number of hydrogen-bond donors (Lipinski definition) is 2. The molecular weight excluding hydrogens is 378 g/mol. The number of benzene rings is 1. The van der Waals surface area contributed by atoms with Crippen LogP contribution in [0.1, 0.15) is 79.5 Å². The maximum absolute atomic E-state index is 12.5. The van der Waals surface area contributed by atoms with Gasteiger partial charge in [0.1, 0.15) is 0 Å². The predicted octanol–water partition coefficient (Wildman–Crippen LogP) is 3.79. The molecule has 160 valence electrons. The first-order valence-electron chi connectivity index (χ1n) is 9.89. The summed E-state index contributed by atoms with van der Waals surface area (Å²) in [6.07, 6.45) is 3.26. The Hall–Kier alpha value is -2.90. The summed E-state index contributed by atoms with van der Waals surface area (Å²) in [5.41, 5.74) is 0.412. The van der Waals surface area contributed by atoms with Gasteiger partial charge in [0.25, 0.3) is 0 Å². The van der Waals surface area contributed by atoms with Crippen LogP contribution in [0.15, 0.2) is 18.2 Å². The van der Waals surface area contributed by atoms with E-state index in [-0.39, 0.29) is 49.5 Å². The molecule has 0 radical (unpaired) electrons. The third-order valence-corrected chi connectivity index (χ3v) is 4.00. The quantitative estimate of drug-likeness (QED) is 0.377. The molecule has 0 atom stereocenters. The average Bonchev–Trinajstić information content (AvgIpc) is 2.67. The smallest absolute Gasteiger partial charge is 0.339 e. The molecule has 1 rings (SSSR count). The molecule has 1 aromatic carbocycles. The number of anilines is 1. The van der Waals surface area contributed by atoms with Crippen LogP contribution in [-0.2, 0) is 19.1 Å². The minimum atomic E-state index is -0.971. The topological polar surface area (TPSA) is 119 Å². The molecule has 0 aliphatic carbocycles. The van der Waals surface area contributed by atoms with Gasteiger partial charge < -0.3 is 19.9 Å². The van der Waals surface area contributed by atoms with Crippen LogP contribution >= 0.6 is 0 Å². The zero-order valence-electron chi connectivity index (χ0n) is 17.0. The predicted molar refractivity (Wildman–Crippen MR) is 107 cm³/mol. The second-order valence-corrected chi connectivity index (χ2v) is 6.53. The van der Waals surface area contributed by atoms with E-state index < -0.39 is 17.9 Å². The highest BCUT2D eigenvalue weighted by atomic mass is 16.5. The number of nitrogens with one attached hydrogen (secondary N) is 1. The molecule has 0 spiro atoms. The minimum Gasteiger partial charge on any atom is -0.481 e. The first kappa shape index (κ1) is 24.1. The Labute approximate surface area is 170 Å². The number of unbranched alkanes of at least 4 members (excludes halogenated alkanes) is 2. The van der Waals surface area contributed by atoms with E-state index in [2.05, 4.69) is 5.32 Å². The summed E-state index contributed by atoms with van der Waals surface area (Å²) in [4.78, 5) is 47.3. The minimum absolute atomic E-state index is 0.0194. The van der Waals surface area contributed by atoms with Crippen molar-refractivity contribution in [2.45, 2.75) is 58.8 Å². The molecule has 0 fully saturated rings. The lowest BCUT2D eigenvalue weighted by molar-refractivity contribution is -0.137. The second-order valence-electron chi connectivity index (χ2n) is 6.53. The van der Waals surface area contributed by atoms with Gasteiger partial charge in [-0.25, -0.2) is 9.59 Å². The summed E-state index contributed by atoms with van der Waals surface area (Å²) in [6, 6.07) is 4.28. The molecular formula is C21H29NO7. The van der Waals surface area contributed by atoms with Crippen LogP contribution in [0.5, 0.6) is 0 Å². The molecule has 0 aliphatic heterocycles. The Bertz CT molecular complexity index is 715. The number of ether oxygens (including phenoxy) is 2. The van der Waals surface area contributed by atoms with Crippen molar-refractivity contribution in [1.29, 1.82) is 0 Å². The van der Waals surface area contributed by atoms with Crippen molar-refractivity contribution in [3.8, 4) is 0 Å². The molecule has 0 aromatic heterocycles. The van der Waals surface area contributed by atoms with Gasteiger partial charge in [0, 0.05) is 18.5 Å². The van der Waals surface area contributed by atoms with Crippen molar-refractivity contribution >= 4 is 29.5 Å². The fourth-order valence-corrected chi connectivity index (χ4v) is 2.37. The monoisotopic (exact) mass is 407 g/mol. The number of carbonyl (C=O) groups is 4. The van der Waals surface area contributed by atoms with Gasteiger partial charge in [-0.2, -0.15) is 0 Å². The molecule has 8 nitrogen and oxygen atoms in total. The SMILES string of the molecule is CCCCOC(=O)c1ccc(NC(=O)CCCC(=O)O)cc1C(=O)OCCCC. The van der Waals surface area contributed by atoms with Gasteiger partial charge in [-0.1, -0.05) is 26.7 Å². The van der Waals surface area contributed by atoms with Crippen LogP contribution in [0.4, 0.5) is 5.69 Å². The van der Waals surface area contributed by atoms with Gasteiger partial charge >= 0.3 is 17.9 Å². The molecule has 0 aliphatic rings. The summed E-state index contributed by atoms with van der Waals surface area (Å²) in [7, 11) is 0. The Kier molecular flexibility index (Phi) is 11.1. The molecule has 0 saturated carbocycles. The first-order valence-corrected chi connectivity index (χ1v) is 9.89. The van der Waals surface area contributed by atoms with Crippen molar-refractivity contribution in [3.63, 3.8) is 0 Å². The molecule has 8 heteroatoms. The van der Waals surface area contributed by atoms with E-state index >= 15 is 0 Å². The molecule has 0 bridgehead atoms. The highest BCUT2D eigenvalue weighted by Gasteiger charge is 2.21. The second kappa shape index (κ2) is 13.3. The molecule has 1 amide bonds. The lowest BCUT2D eigenvalue weighted by atomic mass is 10.1. The van der Waals surface area contributed by atoms with E-state index in [4.69, 9.17) is 14.6 Å². The molecule has 2 N–H and O–H groups in total. The number of amides is 1. The Morgan fingerprint density at radius 1 is 0.862 bits per heavy atom. The van der Waals surface area contributed by atoms with Crippen LogP contribution in [-0.4, -0.2) is 42.1 Å². The fraction of sp³-hybridized carbons (Fsp3) is 0.524. The highest BCUT2D eigenvalue weighted by molar-refractivity contribution is 6.04. The summed E-state index contributed by atoms with van der Waals surface area (Å²) in [5, 5.41) is 11.2. The molecule has 0 unspecified atom stereocenters. The van der Waals surface area contributed by atoms with Crippen LogP contribution in [0.2, 0.25) is 0 Å².